The quantitative estimate of drug-likeness (QED) is 0.630. The fourth-order valence-electron chi connectivity index (χ4n) is 1.93. The van der Waals surface area contributed by atoms with Crippen molar-refractivity contribution in [3.8, 4) is 5.75 Å². The molecule has 1 aromatic rings. The smallest absolute Gasteiger partial charge is 0.189 e. The van der Waals surface area contributed by atoms with Crippen LogP contribution in [0.15, 0.2) is 48.1 Å². The number of ketones is 1. The molecule has 1 N–H and O–H groups in total. The number of hydrogen-bond acceptors (Lipinski definition) is 3. The summed E-state index contributed by atoms with van der Waals surface area (Å²) in [6, 6.07) is 7.17. The zero-order valence-corrected chi connectivity index (χ0v) is 10.8. The van der Waals surface area contributed by atoms with Crippen LogP contribution >= 0.6 is 0 Å². The predicted molar refractivity (Wildman–Crippen MR) is 74.4 cm³/mol. The second-order valence-electron chi connectivity index (χ2n) is 4.44. The van der Waals surface area contributed by atoms with Gasteiger partial charge in [-0.2, -0.15) is 0 Å². The highest BCUT2D eigenvalue weighted by Crippen LogP contribution is 2.19. The number of carbonyl (C=O) groups is 1. The van der Waals surface area contributed by atoms with Gasteiger partial charge in [-0.25, -0.2) is 0 Å². The van der Waals surface area contributed by atoms with Crippen LogP contribution in [-0.2, 0) is 0 Å². The summed E-state index contributed by atoms with van der Waals surface area (Å²) in [5.74, 6) is 0.814. The van der Waals surface area contributed by atoms with Crippen molar-refractivity contribution < 1.29 is 14.6 Å². The molecular formula is C16H18O3. The van der Waals surface area contributed by atoms with Crippen molar-refractivity contribution in [2.24, 2.45) is 0 Å². The average molecular weight is 258 g/mol. The van der Waals surface area contributed by atoms with Gasteiger partial charge in [0.15, 0.2) is 5.78 Å². The summed E-state index contributed by atoms with van der Waals surface area (Å²) in [5, 5.41) is 8.67. The SMILES string of the molecule is O=C(C1=CC=CCC1)c1ccc(OCCCO)cc1. The van der Waals surface area contributed by atoms with E-state index in [4.69, 9.17) is 9.84 Å². The van der Waals surface area contributed by atoms with Gasteiger partial charge in [0.25, 0.3) is 0 Å². The largest absolute Gasteiger partial charge is 0.494 e. The van der Waals surface area contributed by atoms with E-state index in [1.807, 2.05) is 12.2 Å². The first-order valence-corrected chi connectivity index (χ1v) is 6.55. The number of aliphatic hydroxyl groups is 1. The van der Waals surface area contributed by atoms with Gasteiger partial charge in [-0.05, 0) is 37.1 Å². The summed E-state index contributed by atoms with van der Waals surface area (Å²) >= 11 is 0. The van der Waals surface area contributed by atoms with E-state index in [0.29, 0.717) is 18.6 Å². The van der Waals surface area contributed by atoms with Gasteiger partial charge in [0, 0.05) is 24.2 Å². The molecule has 1 aliphatic carbocycles. The Kier molecular flexibility index (Phi) is 4.93. The minimum Gasteiger partial charge on any atom is -0.494 e. The first-order valence-electron chi connectivity index (χ1n) is 6.55. The molecule has 0 saturated carbocycles. The Morgan fingerprint density at radius 3 is 2.68 bits per heavy atom. The van der Waals surface area contributed by atoms with Gasteiger partial charge in [0.05, 0.1) is 6.61 Å². The zero-order valence-electron chi connectivity index (χ0n) is 10.8. The molecule has 100 valence electrons. The molecule has 0 atom stereocenters. The summed E-state index contributed by atoms with van der Waals surface area (Å²) in [6.07, 6.45) is 8.24. The van der Waals surface area contributed by atoms with Gasteiger partial charge < -0.3 is 9.84 Å². The number of ether oxygens (including phenoxy) is 1. The van der Waals surface area contributed by atoms with Crippen LogP contribution in [0.4, 0.5) is 0 Å². The van der Waals surface area contributed by atoms with Crippen molar-refractivity contribution in [1.82, 2.24) is 0 Å². The lowest BCUT2D eigenvalue weighted by Crippen LogP contribution is -2.05. The van der Waals surface area contributed by atoms with E-state index in [-0.39, 0.29) is 12.4 Å². The normalized spacial score (nSPS) is 14.1. The molecule has 0 bridgehead atoms. The van der Waals surface area contributed by atoms with Crippen molar-refractivity contribution in [2.45, 2.75) is 19.3 Å². The molecule has 0 saturated heterocycles. The number of rotatable bonds is 6. The van der Waals surface area contributed by atoms with Crippen molar-refractivity contribution in [3.05, 3.63) is 53.6 Å². The molecule has 0 heterocycles. The van der Waals surface area contributed by atoms with Crippen molar-refractivity contribution in [1.29, 1.82) is 0 Å². The van der Waals surface area contributed by atoms with E-state index in [9.17, 15) is 4.79 Å². The van der Waals surface area contributed by atoms with E-state index >= 15 is 0 Å². The Bertz CT molecular complexity index is 483. The van der Waals surface area contributed by atoms with Gasteiger partial charge in [-0.15, -0.1) is 0 Å². The fraction of sp³-hybridized carbons (Fsp3) is 0.312. The van der Waals surface area contributed by atoms with Gasteiger partial charge in [-0.3, -0.25) is 4.79 Å². The first-order chi connectivity index (χ1) is 9.31. The summed E-state index contributed by atoms with van der Waals surface area (Å²) in [6.45, 7) is 0.609. The van der Waals surface area contributed by atoms with E-state index < -0.39 is 0 Å². The Morgan fingerprint density at radius 2 is 2.05 bits per heavy atom. The van der Waals surface area contributed by atoms with Gasteiger partial charge in [0.1, 0.15) is 5.75 Å². The highest BCUT2D eigenvalue weighted by molar-refractivity contribution is 6.09. The number of aliphatic hydroxyl groups excluding tert-OH is 1. The van der Waals surface area contributed by atoms with Crippen LogP contribution < -0.4 is 4.74 Å². The lowest BCUT2D eigenvalue weighted by molar-refractivity contribution is 0.103. The Morgan fingerprint density at radius 1 is 1.26 bits per heavy atom. The Labute approximate surface area is 113 Å². The van der Waals surface area contributed by atoms with Crippen molar-refractivity contribution in [3.63, 3.8) is 0 Å². The summed E-state index contributed by atoms with van der Waals surface area (Å²) in [4.78, 5) is 12.2. The Balaban J connectivity index is 1.99. The minimum absolute atomic E-state index is 0.0891. The van der Waals surface area contributed by atoms with Gasteiger partial charge in [-0.1, -0.05) is 18.2 Å². The molecule has 0 fully saturated rings. The molecular weight excluding hydrogens is 240 g/mol. The maximum absolute atomic E-state index is 12.2. The number of benzene rings is 1. The topological polar surface area (TPSA) is 46.5 Å². The molecule has 1 aliphatic rings. The van der Waals surface area contributed by atoms with Crippen LogP contribution in [0.1, 0.15) is 29.6 Å². The van der Waals surface area contributed by atoms with E-state index in [0.717, 1.165) is 24.2 Å². The lowest BCUT2D eigenvalue weighted by atomic mass is 9.96. The predicted octanol–water partition coefficient (Wildman–Crippen LogP) is 2.91. The molecule has 0 spiro atoms. The molecule has 0 amide bonds. The van der Waals surface area contributed by atoms with Gasteiger partial charge >= 0.3 is 0 Å². The maximum Gasteiger partial charge on any atom is 0.189 e. The molecule has 0 aromatic heterocycles. The van der Waals surface area contributed by atoms with E-state index in [2.05, 4.69) is 6.08 Å². The number of Topliss-reactive ketones (excluding diaryl/α,β-unsaturated/α-hetero) is 1. The highest BCUT2D eigenvalue weighted by Gasteiger charge is 2.12. The second-order valence-corrected chi connectivity index (χ2v) is 4.44. The van der Waals surface area contributed by atoms with Crippen molar-refractivity contribution in [2.75, 3.05) is 13.2 Å². The fourth-order valence-corrected chi connectivity index (χ4v) is 1.93. The Hall–Kier alpha value is -1.87. The summed E-state index contributed by atoms with van der Waals surface area (Å²) in [7, 11) is 0. The monoisotopic (exact) mass is 258 g/mol. The van der Waals surface area contributed by atoms with E-state index in [1.165, 1.54) is 0 Å². The molecule has 3 nitrogen and oxygen atoms in total. The molecule has 0 aliphatic heterocycles. The number of hydrogen-bond donors (Lipinski definition) is 1. The first kappa shape index (κ1) is 13.6. The van der Waals surface area contributed by atoms with E-state index in [1.54, 1.807) is 24.3 Å². The number of allylic oxidation sites excluding steroid dienone is 4. The molecule has 1 aromatic carbocycles. The van der Waals surface area contributed by atoms with Crippen molar-refractivity contribution >= 4 is 5.78 Å². The minimum atomic E-state index is 0.0891. The van der Waals surface area contributed by atoms with Crippen LogP contribution in [-0.4, -0.2) is 24.1 Å². The average Bonchev–Trinajstić information content (AvgIpc) is 2.48. The zero-order chi connectivity index (χ0) is 13.5. The standard InChI is InChI=1S/C16H18O3/c17-11-4-12-19-15-9-7-14(8-10-15)16(18)13-5-2-1-3-6-13/h1-2,5,7-10,17H,3-4,6,11-12H2. The molecule has 2 rings (SSSR count). The lowest BCUT2D eigenvalue weighted by Gasteiger charge is -2.09. The van der Waals surface area contributed by atoms with Gasteiger partial charge in [0.2, 0.25) is 0 Å². The van der Waals surface area contributed by atoms with Crippen LogP contribution in [0.2, 0.25) is 0 Å². The molecule has 19 heavy (non-hydrogen) atoms. The maximum atomic E-state index is 12.2. The summed E-state index contributed by atoms with van der Waals surface area (Å²) < 4.78 is 5.43. The molecule has 0 unspecified atom stereocenters. The van der Waals surface area contributed by atoms with Crippen LogP contribution in [0, 0.1) is 0 Å². The van der Waals surface area contributed by atoms with Crippen LogP contribution in [0.3, 0.4) is 0 Å². The third-order valence-electron chi connectivity index (χ3n) is 2.99. The highest BCUT2D eigenvalue weighted by atomic mass is 16.5. The second kappa shape index (κ2) is 6.90. The number of carbonyl (C=O) groups excluding carboxylic acids is 1. The third-order valence-corrected chi connectivity index (χ3v) is 2.99. The molecule has 3 heteroatoms. The van der Waals surface area contributed by atoms with Crippen LogP contribution in [0.5, 0.6) is 5.75 Å². The molecule has 0 radical (unpaired) electrons. The van der Waals surface area contributed by atoms with Crippen LogP contribution in [0.25, 0.3) is 0 Å². The summed E-state index contributed by atoms with van der Waals surface area (Å²) in [5.41, 5.74) is 1.55. The third kappa shape index (κ3) is 3.80.